The summed E-state index contributed by atoms with van der Waals surface area (Å²) in [6.45, 7) is 0.924. The van der Waals surface area contributed by atoms with Crippen molar-refractivity contribution in [3.63, 3.8) is 0 Å². The van der Waals surface area contributed by atoms with Crippen LogP contribution in [0, 0.1) is 0 Å². The van der Waals surface area contributed by atoms with Crippen LogP contribution in [0.15, 0.2) is 81.2 Å². The first-order valence-corrected chi connectivity index (χ1v) is 12.1. The van der Waals surface area contributed by atoms with Crippen molar-refractivity contribution in [3.8, 4) is 11.3 Å². The molecule has 5 aromatic heterocycles. The maximum Gasteiger partial charge on any atom is 0.283 e. The summed E-state index contributed by atoms with van der Waals surface area (Å²) in [5.74, 6) is 0.101. The van der Waals surface area contributed by atoms with Crippen molar-refractivity contribution in [1.29, 1.82) is 0 Å². The monoisotopic (exact) mass is 496 g/mol. The third-order valence-electron chi connectivity index (χ3n) is 4.97. The molecule has 0 aliphatic heterocycles. The van der Waals surface area contributed by atoms with Gasteiger partial charge in [-0.15, -0.1) is 11.3 Å². The first kappa shape index (κ1) is 21.4. The Morgan fingerprint density at radius 2 is 2.12 bits per heavy atom. The lowest BCUT2D eigenvalue weighted by atomic mass is 10.2. The number of carbonyl (C=O) groups excluding carboxylic acids is 1. The Kier molecular flexibility index (Phi) is 5.99. The average molecular weight is 497 g/mol. The topological polar surface area (TPSA) is 82.1 Å². The van der Waals surface area contributed by atoms with Gasteiger partial charge in [-0.25, -0.2) is 0 Å². The summed E-state index contributed by atoms with van der Waals surface area (Å²) in [4.78, 5) is 27.2. The third-order valence-corrected chi connectivity index (χ3v) is 6.93. The van der Waals surface area contributed by atoms with Gasteiger partial charge in [0.2, 0.25) is 0 Å². The van der Waals surface area contributed by atoms with Gasteiger partial charge in [-0.2, -0.15) is 21.1 Å². The Labute approximate surface area is 201 Å². The van der Waals surface area contributed by atoms with Gasteiger partial charge >= 0.3 is 0 Å². The first-order chi connectivity index (χ1) is 16.1. The lowest BCUT2D eigenvalue weighted by molar-refractivity contribution is 0.0947. The fourth-order valence-corrected chi connectivity index (χ4v) is 5.05. The van der Waals surface area contributed by atoms with E-state index in [2.05, 4.69) is 10.4 Å². The quantitative estimate of drug-likeness (QED) is 0.325. The molecule has 0 bridgehead atoms. The highest BCUT2D eigenvalue weighted by Gasteiger charge is 2.20. The second-order valence-corrected chi connectivity index (χ2v) is 9.77. The van der Waals surface area contributed by atoms with Crippen LogP contribution >= 0.6 is 34.3 Å². The molecule has 166 valence electrons. The van der Waals surface area contributed by atoms with E-state index in [-0.39, 0.29) is 11.5 Å². The lowest BCUT2D eigenvalue weighted by Gasteiger charge is -2.06. The van der Waals surface area contributed by atoms with Crippen molar-refractivity contribution in [2.75, 3.05) is 5.32 Å². The number of aromatic nitrogens is 3. The zero-order chi connectivity index (χ0) is 22.8. The molecule has 5 aromatic rings. The maximum absolute atomic E-state index is 13.2. The van der Waals surface area contributed by atoms with E-state index in [9.17, 15) is 9.59 Å². The Morgan fingerprint density at radius 3 is 2.85 bits per heavy atom. The molecule has 0 aromatic carbocycles. The van der Waals surface area contributed by atoms with Crippen LogP contribution in [-0.4, -0.2) is 20.3 Å². The number of rotatable bonds is 7. The van der Waals surface area contributed by atoms with Crippen LogP contribution in [0.25, 0.3) is 11.3 Å². The fraction of sp³-hybridized carbons (Fsp3) is 0.0870. The molecule has 0 spiro atoms. The van der Waals surface area contributed by atoms with E-state index in [4.69, 9.17) is 16.0 Å². The second-order valence-electron chi connectivity index (χ2n) is 7.19. The molecule has 1 N–H and O–H groups in total. The lowest BCUT2D eigenvalue weighted by Crippen LogP contribution is -2.21. The van der Waals surface area contributed by atoms with Gasteiger partial charge in [0.15, 0.2) is 0 Å². The van der Waals surface area contributed by atoms with Gasteiger partial charge in [0.25, 0.3) is 11.5 Å². The molecule has 0 saturated heterocycles. The van der Waals surface area contributed by atoms with Crippen molar-refractivity contribution in [1.82, 2.24) is 14.3 Å². The first-order valence-electron chi connectivity index (χ1n) is 9.94. The molecule has 0 saturated carbocycles. The number of pyridine rings is 1. The summed E-state index contributed by atoms with van der Waals surface area (Å²) in [6, 6.07) is 12.5. The van der Waals surface area contributed by atoms with Crippen LogP contribution in [0.3, 0.4) is 0 Å². The van der Waals surface area contributed by atoms with Crippen LogP contribution in [0.5, 0.6) is 0 Å². The minimum Gasteiger partial charge on any atom is -0.472 e. The fourth-order valence-electron chi connectivity index (χ4n) is 3.36. The largest absolute Gasteiger partial charge is 0.472 e. The number of anilines is 1. The summed E-state index contributed by atoms with van der Waals surface area (Å²) in [5.41, 5.74) is 2.05. The number of hydrogen-bond acceptors (Lipinski definition) is 7. The molecule has 0 amide bonds. The maximum atomic E-state index is 13.2. The van der Waals surface area contributed by atoms with Crippen LogP contribution in [0.2, 0.25) is 4.34 Å². The summed E-state index contributed by atoms with van der Waals surface area (Å²) < 4.78 is 8.63. The smallest absolute Gasteiger partial charge is 0.283 e. The molecule has 10 heteroatoms. The standard InChI is InChI=1S/C23H17ClN4O3S2/c24-20-4-3-17(33-20)11-25-21-10-19(26-28(21)22(29)16-5-8-31-13-16)18-2-1-7-27(23(18)30)12-15-6-9-32-14-15/h1-10,13-14,25H,11-12H2. The zero-order valence-electron chi connectivity index (χ0n) is 17.1. The summed E-state index contributed by atoms with van der Waals surface area (Å²) in [7, 11) is 0. The van der Waals surface area contributed by atoms with E-state index in [0.717, 1.165) is 10.4 Å². The molecule has 0 fully saturated rings. The van der Waals surface area contributed by atoms with Crippen molar-refractivity contribution in [2.24, 2.45) is 0 Å². The number of hydrogen-bond donors (Lipinski definition) is 1. The van der Waals surface area contributed by atoms with E-state index < -0.39 is 0 Å². The summed E-state index contributed by atoms with van der Waals surface area (Å²) in [6.07, 6.45) is 4.54. The van der Waals surface area contributed by atoms with Crippen molar-refractivity contribution in [3.05, 3.63) is 103 Å². The Bertz CT molecular complexity index is 1450. The molecule has 0 atom stereocenters. The highest BCUT2D eigenvalue weighted by atomic mass is 35.5. The molecule has 0 radical (unpaired) electrons. The predicted molar refractivity (Wildman–Crippen MR) is 130 cm³/mol. The molecular formula is C23H17ClN4O3S2. The van der Waals surface area contributed by atoms with Crippen LogP contribution in [0.4, 0.5) is 5.82 Å². The number of thiophene rings is 2. The summed E-state index contributed by atoms with van der Waals surface area (Å²) >= 11 is 9.07. The highest BCUT2D eigenvalue weighted by Crippen LogP contribution is 2.25. The molecular weight excluding hydrogens is 480 g/mol. The minimum atomic E-state index is -0.365. The number of halogens is 1. The van der Waals surface area contributed by atoms with E-state index in [1.165, 1.54) is 28.5 Å². The van der Waals surface area contributed by atoms with Gasteiger partial charge in [-0.05, 0) is 52.7 Å². The Balaban J connectivity index is 1.51. The van der Waals surface area contributed by atoms with Gasteiger partial charge < -0.3 is 14.3 Å². The van der Waals surface area contributed by atoms with Crippen molar-refractivity contribution in [2.45, 2.75) is 13.1 Å². The van der Waals surface area contributed by atoms with Crippen molar-refractivity contribution < 1.29 is 9.21 Å². The molecule has 0 unspecified atom stereocenters. The molecule has 5 rings (SSSR count). The number of nitrogens with zero attached hydrogens (tertiary/aromatic N) is 3. The molecule has 0 aliphatic carbocycles. The number of carbonyl (C=O) groups is 1. The zero-order valence-corrected chi connectivity index (χ0v) is 19.5. The van der Waals surface area contributed by atoms with Gasteiger partial charge in [-0.3, -0.25) is 9.59 Å². The molecule has 33 heavy (non-hydrogen) atoms. The van der Waals surface area contributed by atoms with E-state index in [1.807, 2.05) is 29.0 Å². The van der Waals surface area contributed by atoms with E-state index in [1.54, 1.807) is 46.4 Å². The molecule has 7 nitrogen and oxygen atoms in total. The normalized spacial score (nSPS) is 11.1. The molecule has 0 aliphatic rings. The van der Waals surface area contributed by atoms with Gasteiger partial charge in [0.1, 0.15) is 17.8 Å². The number of furan rings is 1. The third kappa shape index (κ3) is 4.56. The van der Waals surface area contributed by atoms with Crippen molar-refractivity contribution >= 4 is 46.0 Å². The van der Waals surface area contributed by atoms with E-state index >= 15 is 0 Å². The SMILES string of the molecule is O=C(c1ccoc1)n1nc(-c2cccn(Cc3ccsc3)c2=O)cc1NCc1ccc(Cl)s1. The predicted octanol–water partition coefficient (Wildman–Crippen LogP) is 5.43. The van der Waals surface area contributed by atoms with Gasteiger partial charge in [-0.1, -0.05) is 11.6 Å². The highest BCUT2D eigenvalue weighted by molar-refractivity contribution is 7.16. The van der Waals surface area contributed by atoms with Crippen LogP contribution in [-0.2, 0) is 13.1 Å². The van der Waals surface area contributed by atoms with Gasteiger partial charge in [0.05, 0.1) is 34.8 Å². The Hall–Kier alpha value is -3.40. The second kappa shape index (κ2) is 9.22. The number of nitrogens with one attached hydrogen (secondary N) is 1. The molecule has 5 heterocycles. The Morgan fingerprint density at radius 1 is 1.21 bits per heavy atom. The van der Waals surface area contributed by atoms with Crippen LogP contribution in [0.1, 0.15) is 20.8 Å². The summed E-state index contributed by atoms with van der Waals surface area (Å²) in [5, 5.41) is 11.7. The van der Waals surface area contributed by atoms with Gasteiger partial charge in [0, 0.05) is 17.1 Å². The van der Waals surface area contributed by atoms with Crippen LogP contribution < -0.4 is 10.9 Å². The van der Waals surface area contributed by atoms with E-state index in [0.29, 0.717) is 40.1 Å². The average Bonchev–Trinajstić information content (AvgIpc) is 3.61. The minimum absolute atomic E-state index is 0.180.